The highest BCUT2D eigenvalue weighted by atomic mass is 16.4. The van der Waals surface area contributed by atoms with Crippen molar-refractivity contribution in [1.29, 1.82) is 0 Å². The lowest BCUT2D eigenvalue weighted by Gasteiger charge is -2.29. The Kier molecular flexibility index (Phi) is 11.6. The van der Waals surface area contributed by atoms with Crippen molar-refractivity contribution in [2.75, 3.05) is 6.54 Å². The number of amides is 3. The van der Waals surface area contributed by atoms with Gasteiger partial charge in [-0.2, -0.15) is 0 Å². The van der Waals surface area contributed by atoms with Crippen molar-refractivity contribution < 1.29 is 29.4 Å². The van der Waals surface area contributed by atoms with E-state index in [4.69, 9.17) is 5.11 Å². The second-order valence-electron chi connectivity index (χ2n) is 8.27. The summed E-state index contributed by atoms with van der Waals surface area (Å²) in [7, 11) is 0. The summed E-state index contributed by atoms with van der Waals surface area (Å²) >= 11 is 0. The standard InChI is InChI=1S/C24H37N3O6/c1-6-8-9-11-18(15(3)7-2)22(31)25-16(4)24(33)27-13-10-12-20(27)23(32)26-19(17(5)28)14-21(29)30/h6,8-9,11,16-17,19-20,28H,7,10,12-14H2,1-5H3,(H,25,31)(H,26,32)(H,29,30)/b8-6-,11-9-,18-15-/t16?,17?,19-,20?/m0/s1. The number of allylic oxidation sites excluding steroid dienone is 4. The summed E-state index contributed by atoms with van der Waals surface area (Å²) in [4.78, 5) is 51.1. The topological polar surface area (TPSA) is 136 Å². The third-order valence-corrected chi connectivity index (χ3v) is 5.66. The molecular formula is C24H37N3O6. The van der Waals surface area contributed by atoms with Crippen LogP contribution in [0.3, 0.4) is 0 Å². The number of aliphatic hydroxyl groups is 1. The Morgan fingerprint density at radius 1 is 1.15 bits per heavy atom. The number of likely N-dealkylation sites (tertiary alicyclic amines) is 1. The Morgan fingerprint density at radius 2 is 1.82 bits per heavy atom. The minimum absolute atomic E-state index is 0.354. The quantitative estimate of drug-likeness (QED) is 0.272. The monoisotopic (exact) mass is 463 g/mol. The van der Waals surface area contributed by atoms with Crippen molar-refractivity contribution in [3.63, 3.8) is 0 Å². The molecule has 0 spiro atoms. The highest BCUT2D eigenvalue weighted by Crippen LogP contribution is 2.20. The van der Waals surface area contributed by atoms with E-state index >= 15 is 0 Å². The summed E-state index contributed by atoms with van der Waals surface area (Å²) in [5, 5.41) is 24.1. The van der Waals surface area contributed by atoms with E-state index in [9.17, 15) is 24.3 Å². The summed E-state index contributed by atoms with van der Waals surface area (Å²) in [6, 6.07) is -2.60. The maximum absolute atomic E-state index is 13.1. The van der Waals surface area contributed by atoms with Crippen molar-refractivity contribution >= 4 is 23.7 Å². The molecule has 0 bridgehead atoms. The molecule has 9 nitrogen and oxygen atoms in total. The zero-order valence-electron chi connectivity index (χ0n) is 20.1. The predicted octanol–water partition coefficient (Wildman–Crippen LogP) is 1.68. The highest BCUT2D eigenvalue weighted by molar-refractivity contribution is 6.00. The average Bonchev–Trinajstić information content (AvgIpc) is 3.24. The number of aliphatic carboxylic acids is 1. The lowest BCUT2D eigenvalue weighted by molar-refractivity contribution is -0.142. The Hall–Kier alpha value is -2.94. The van der Waals surface area contributed by atoms with Crippen LogP contribution in [0.1, 0.15) is 60.3 Å². The largest absolute Gasteiger partial charge is 0.481 e. The molecule has 0 radical (unpaired) electrons. The van der Waals surface area contributed by atoms with Crippen molar-refractivity contribution in [2.24, 2.45) is 0 Å². The van der Waals surface area contributed by atoms with E-state index in [1.807, 2.05) is 32.9 Å². The maximum atomic E-state index is 13.1. The van der Waals surface area contributed by atoms with Crippen LogP contribution in [0.5, 0.6) is 0 Å². The number of carboxylic acids is 1. The van der Waals surface area contributed by atoms with Crippen molar-refractivity contribution in [3.05, 3.63) is 35.5 Å². The minimum atomic E-state index is -1.15. The second kappa shape index (κ2) is 13.6. The lowest BCUT2D eigenvalue weighted by Crippen LogP contribution is -2.55. The number of carbonyl (C=O) groups excluding carboxylic acids is 3. The summed E-state index contributed by atoms with van der Waals surface area (Å²) in [6.07, 6.45) is 7.34. The van der Waals surface area contributed by atoms with Gasteiger partial charge in [0.25, 0.3) is 5.91 Å². The van der Waals surface area contributed by atoms with E-state index < -0.39 is 48.4 Å². The van der Waals surface area contributed by atoms with Gasteiger partial charge >= 0.3 is 5.97 Å². The number of carbonyl (C=O) groups is 4. The zero-order chi connectivity index (χ0) is 25.1. The van der Waals surface area contributed by atoms with Gasteiger partial charge in [-0.3, -0.25) is 19.2 Å². The first-order valence-electron chi connectivity index (χ1n) is 11.3. The summed E-state index contributed by atoms with van der Waals surface area (Å²) in [5.74, 6) is -2.42. The van der Waals surface area contributed by atoms with Crippen LogP contribution in [0.2, 0.25) is 0 Å². The predicted molar refractivity (Wildman–Crippen MR) is 125 cm³/mol. The van der Waals surface area contributed by atoms with E-state index in [-0.39, 0.29) is 5.91 Å². The fourth-order valence-corrected chi connectivity index (χ4v) is 3.56. The van der Waals surface area contributed by atoms with Crippen LogP contribution >= 0.6 is 0 Å². The Morgan fingerprint density at radius 3 is 2.36 bits per heavy atom. The minimum Gasteiger partial charge on any atom is -0.481 e. The van der Waals surface area contributed by atoms with E-state index in [0.717, 1.165) is 5.57 Å². The van der Waals surface area contributed by atoms with Gasteiger partial charge in [-0.1, -0.05) is 30.7 Å². The van der Waals surface area contributed by atoms with Crippen LogP contribution in [0.15, 0.2) is 35.5 Å². The Balaban J connectivity index is 2.91. The van der Waals surface area contributed by atoms with E-state index in [0.29, 0.717) is 31.4 Å². The molecule has 4 N–H and O–H groups in total. The van der Waals surface area contributed by atoms with Gasteiger partial charge in [-0.05, 0) is 53.0 Å². The molecule has 1 aliphatic heterocycles. The maximum Gasteiger partial charge on any atom is 0.305 e. The molecule has 1 aliphatic rings. The van der Waals surface area contributed by atoms with Gasteiger partial charge in [0.05, 0.1) is 18.6 Å². The molecule has 1 saturated heterocycles. The molecule has 4 atom stereocenters. The van der Waals surface area contributed by atoms with Crippen LogP contribution in [0, 0.1) is 0 Å². The van der Waals surface area contributed by atoms with Crippen LogP contribution in [0.25, 0.3) is 0 Å². The van der Waals surface area contributed by atoms with Crippen molar-refractivity contribution in [2.45, 2.75) is 84.5 Å². The molecule has 33 heavy (non-hydrogen) atoms. The van der Waals surface area contributed by atoms with Gasteiger partial charge < -0.3 is 25.7 Å². The van der Waals surface area contributed by atoms with Crippen LogP contribution in [0.4, 0.5) is 0 Å². The first-order valence-corrected chi connectivity index (χ1v) is 11.3. The first-order chi connectivity index (χ1) is 15.5. The molecule has 3 amide bonds. The molecule has 0 aromatic rings. The fraction of sp³-hybridized carbons (Fsp3) is 0.583. The van der Waals surface area contributed by atoms with Crippen LogP contribution < -0.4 is 10.6 Å². The summed E-state index contributed by atoms with van der Waals surface area (Å²) in [6.45, 7) is 9.00. The molecule has 1 heterocycles. The van der Waals surface area contributed by atoms with Crippen molar-refractivity contribution in [3.8, 4) is 0 Å². The SMILES string of the molecule is C\C=C/C=C\C(C(=O)NC(C)C(=O)N1CCCC1C(=O)N[C@@H](CC(=O)O)C(C)O)=C(/C)CC. The molecule has 9 heteroatoms. The molecule has 0 aromatic heterocycles. The smallest absolute Gasteiger partial charge is 0.305 e. The zero-order valence-corrected chi connectivity index (χ0v) is 20.1. The summed E-state index contributed by atoms with van der Waals surface area (Å²) < 4.78 is 0. The number of hydrogen-bond acceptors (Lipinski definition) is 5. The first kappa shape index (κ1) is 28.1. The Bertz CT molecular complexity index is 815. The lowest BCUT2D eigenvalue weighted by atomic mass is 10.1. The molecule has 1 rings (SSSR count). The second-order valence-corrected chi connectivity index (χ2v) is 8.27. The van der Waals surface area contributed by atoms with Gasteiger partial charge in [0.1, 0.15) is 12.1 Å². The van der Waals surface area contributed by atoms with Crippen LogP contribution in [-0.2, 0) is 19.2 Å². The van der Waals surface area contributed by atoms with E-state index in [1.165, 1.54) is 11.8 Å². The van der Waals surface area contributed by atoms with Gasteiger partial charge in [-0.25, -0.2) is 0 Å². The third-order valence-electron chi connectivity index (χ3n) is 5.66. The van der Waals surface area contributed by atoms with Crippen LogP contribution in [-0.4, -0.2) is 69.6 Å². The average molecular weight is 464 g/mol. The van der Waals surface area contributed by atoms with Gasteiger partial charge in [0.2, 0.25) is 11.8 Å². The summed E-state index contributed by atoms with van der Waals surface area (Å²) in [5.41, 5.74) is 1.37. The van der Waals surface area contributed by atoms with E-state index in [2.05, 4.69) is 10.6 Å². The van der Waals surface area contributed by atoms with Gasteiger partial charge in [0.15, 0.2) is 0 Å². The molecule has 3 unspecified atom stereocenters. The highest BCUT2D eigenvalue weighted by Gasteiger charge is 2.37. The van der Waals surface area contributed by atoms with Crippen molar-refractivity contribution in [1.82, 2.24) is 15.5 Å². The van der Waals surface area contributed by atoms with E-state index in [1.54, 1.807) is 19.1 Å². The van der Waals surface area contributed by atoms with Gasteiger partial charge in [-0.15, -0.1) is 0 Å². The molecule has 184 valence electrons. The molecule has 0 saturated carbocycles. The number of rotatable bonds is 11. The Labute approximate surface area is 195 Å². The number of aliphatic hydroxyl groups excluding tert-OH is 1. The number of carboxylic acid groups (broad SMARTS) is 1. The fourth-order valence-electron chi connectivity index (χ4n) is 3.56. The third kappa shape index (κ3) is 8.49. The van der Waals surface area contributed by atoms with Gasteiger partial charge in [0, 0.05) is 12.1 Å². The number of nitrogens with zero attached hydrogens (tertiary/aromatic N) is 1. The molecule has 0 aliphatic carbocycles. The molecule has 0 aromatic carbocycles. The number of nitrogens with one attached hydrogen (secondary N) is 2. The normalized spacial score (nSPS) is 19.8. The molecular weight excluding hydrogens is 426 g/mol. The number of hydrogen-bond donors (Lipinski definition) is 4. The molecule has 1 fully saturated rings.